The smallest absolute Gasteiger partial charge is 0.278 e. The molecule has 4 heterocycles. The third kappa shape index (κ3) is 3.58. The summed E-state index contributed by atoms with van der Waals surface area (Å²) < 4.78 is 3.51. The second-order valence-electron chi connectivity index (χ2n) is 9.61. The molecule has 0 saturated heterocycles. The van der Waals surface area contributed by atoms with Gasteiger partial charge in [-0.25, -0.2) is 14.3 Å². The minimum Gasteiger partial charge on any atom is -0.324 e. The number of nitrogens with zero attached hydrogens (tertiary/aromatic N) is 6. The van der Waals surface area contributed by atoms with Crippen LogP contribution >= 0.6 is 0 Å². The molecule has 1 aliphatic carbocycles. The Morgan fingerprint density at radius 2 is 2.03 bits per heavy atom. The lowest BCUT2D eigenvalue weighted by Gasteiger charge is -2.18. The monoisotopic (exact) mass is 466 g/mol. The van der Waals surface area contributed by atoms with Gasteiger partial charge < -0.3 is 10.6 Å². The lowest BCUT2D eigenvalue weighted by molar-refractivity contribution is 0.475. The van der Waals surface area contributed by atoms with Gasteiger partial charge in [0.15, 0.2) is 5.65 Å². The Labute approximate surface area is 202 Å². The number of hydrogen-bond acceptors (Lipinski definition) is 7. The first-order chi connectivity index (χ1) is 17.0. The van der Waals surface area contributed by atoms with Gasteiger partial charge >= 0.3 is 0 Å². The van der Waals surface area contributed by atoms with Gasteiger partial charge in [0.05, 0.1) is 22.9 Å². The van der Waals surface area contributed by atoms with Crippen LogP contribution in [-0.2, 0) is 18.4 Å². The van der Waals surface area contributed by atoms with Gasteiger partial charge in [-0.3, -0.25) is 9.78 Å². The molecule has 35 heavy (non-hydrogen) atoms. The van der Waals surface area contributed by atoms with Crippen LogP contribution in [0.4, 0.5) is 11.6 Å². The minimum atomic E-state index is -0.522. The van der Waals surface area contributed by atoms with Gasteiger partial charge in [0.25, 0.3) is 5.56 Å². The van der Waals surface area contributed by atoms with Crippen molar-refractivity contribution in [2.24, 2.45) is 0 Å². The first-order valence-corrected chi connectivity index (χ1v) is 12.0. The van der Waals surface area contributed by atoms with Crippen molar-refractivity contribution < 1.29 is 0 Å². The summed E-state index contributed by atoms with van der Waals surface area (Å²) in [7, 11) is 0. The van der Waals surface area contributed by atoms with E-state index < -0.39 is 5.41 Å². The second-order valence-corrected chi connectivity index (χ2v) is 9.61. The molecule has 4 aromatic rings. The Bertz CT molecular complexity index is 1550. The lowest BCUT2D eigenvalue weighted by Crippen LogP contribution is -2.24. The zero-order valence-corrected chi connectivity index (χ0v) is 19.7. The summed E-state index contributed by atoms with van der Waals surface area (Å²) in [6.07, 6.45) is 5.87. The fourth-order valence-corrected chi connectivity index (χ4v) is 4.82. The Balaban J connectivity index is 1.46. The normalized spacial score (nSPS) is 16.2. The van der Waals surface area contributed by atoms with E-state index in [1.807, 2.05) is 36.7 Å². The molecule has 0 radical (unpaired) electrons. The van der Waals surface area contributed by atoms with Crippen LogP contribution in [0.2, 0.25) is 0 Å². The summed E-state index contributed by atoms with van der Waals surface area (Å²) >= 11 is 0. The topological polar surface area (TPSA) is 113 Å². The molecule has 0 unspecified atom stereocenters. The number of anilines is 2. The van der Waals surface area contributed by atoms with E-state index >= 15 is 0 Å². The van der Waals surface area contributed by atoms with Crippen LogP contribution in [0.3, 0.4) is 0 Å². The molecule has 2 N–H and O–H groups in total. The molecule has 0 bridgehead atoms. The SMILES string of the molecule is CC(C)n1c(=O)c2cnc(Nc3ccc4c(c3)CCNC4)nc2n1-c1ccnc(C2(C#N)CC2)c1. The molecule has 3 aromatic heterocycles. The Kier molecular flexibility index (Phi) is 4.93. The average molecular weight is 467 g/mol. The summed E-state index contributed by atoms with van der Waals surface area (Å²) in [5.74, 6) is 0.422. The molecule has 0 amide bonds. The van der Waals surface area contributed by atoms with Gasteiger partial charge in [0.1, 0.15) is 5.39 Å². The summed E-state index contributed by atoms with van der Waals surface area (Å²) in [5.41, 5.74) is 4.86. The fraction of sp³-hybridized carbons (Fsp3) is 0.346. The number of hydrogen-bond donors (Lipinski definition) is 2. The summed E-state index contributed by atoms with van der Waals surface area (Å²) in [6, 6.07) is 12.3. The van der Waals surface area contributed by atoms with Crippen LogP contribution in [0.15, 0.2) is 47.5 Å². The first kappa shape index (κ1) is 21.5. The summed E-state index contributed by atoms with van der Waals surface area (Å²) in [5, 5.41) is 16.8. The highest BCUT2D eigenvalue weighted by atomic mass is 16.1. The molecular formula is C26H26N8O. The highest BCUT2D eigenvalue weighted by Gasteiger charge is 2.46. The molecular weight excluding hydrogens is 440 g/mol. The lowest BCUT2D eigenvalue weighted by atomic mass is 10.0. The second kappa shape index (κ2) is 8.03. The number of benzene rings is 1. The number of nitrogens with one attached hydrogen (secondary N) is 2. The highest BCUT2D eigenvalue weighted by molar-refractivity contribution is 5.77. The van der Waals surface area contributed by atoms with E-state index in [0.29, 0.717) is 17.0 Å². The molecule has 1 fully saturated rings. The van der Waals surface area contributed by atoms with Gasteiger partial charge in [-0.05, 0) is 75.0 Å². The van der Waals surface area contributed by atoms with Gasteiger partial charge in [-0.1, -0.05) is 6.07 Å². The van der Waals surface area contributed by atoms with Crippen LogP contribution in [0.5, 0.6) is 0 Å². The van der Waals surface area contributed by atoms with E-state index in [1.54, 1.807) is 17.1 Å². The maximum atomic E-state index is 13.3. The van der Waals surface area contributed by atoms with Crippen molar-refractivity contribution in [3.63, 3.8) is 0 Å². The van der Waals surface area contributed by atoms with Crippen LogP contribution in [0.25, 0.3) is 16.7 Å². The zero-order valence-electron chi connectivity index (χ0n) is 19.7. The molecule has 0 spiro atoms. The molecule has 0 atom stereocenters. The molecule has 1 saturated carbocycles. The van der Waals surface area contributed by atoms with Crippen LogP contribution in [-0.4, -0.2) is 30.9 Å². The van der Waals surface area contributed by atoms with Crippen molar-refractivity contribution in [1.29, 1.82) is 5.26 Å². The van der Waals surface area contributed by atoms with E-state index in [2.05, 4.69) is 38.8 Å². The maximum absolute atomic E-state index is 13.3. The largest absolute Gasteiger partial charge is 0.324 e. The van der Waals surface area contributed by atoms with E-state index in [1.165, 1.54) is 11.1 Å². The Morgan fingerprint density at radius 3 is 2.80 bits per heavy atom. The number of nitriles is 1. The van der Waals surface area contributed by atoms with E-state index in [9.17, 15) is 10.1 Å². The molecule has 1 aromatic carbocycles. The van der Waals surface area contributed by atoms with Gasteiger partial charge in [0.2, 0.25) is 5.95 Å². The third-order valence-electron chi connectivity index (χ3n) is 6.90. The minimum absolute atomic E-state index is 0.107. The van der Waals surface area contributed by atoms with Crippen molar-refractivity contribution >= 4 is 22.7 Å². The molecule has 1 aliphatic heterocycles. The molecule has 9 heteroatoms. The van der Waals surface area contributed by atoms with Crippen LogP contribution in [0, 0.1) is 11.3 Å². The standard InChI is InChI=1S/C26H26N8O/c1-16(2)33-24(35)21-14-30-25(31-19-4-3-18-13-28-9-5-17(18)11-19)32-23(21)34(33)20-6-10-29-22(12-20)26(15-27)7-8-26/h3-4,6,10-12,14,16,28H,5,7-9,13H2,1-2H3,(H,30,31,32). The van der Waals surface area contributed by atoms with E-state index in [-0.39, 0.29) is 11.6 Å². The van der Waals surface area contributed by atoms with Crippen molar-refractivity contribution in [3.05, 3.63) is 69.9 Å². The maximum Gasteiger partial charge on any atom is 0.278 e. The predicted octanol–water partition coefficient (Wildman–Crippen LogP) is 3.50. The number of rotatable bonds is 5. The van der Waals surface area contributed by atoms with Crippen LogP contribution < -0.4 is 16.2 Å². The van der Waals surface area contributed by atoms with Gasteiger partial charge in [-0.2, -0.15) is 10.2 Å². The number of pyridine rings is 1. The van der Waals surface area contributed by atoms with Crippen molar-refractivity contribution in [2.75, 3.05) is 11.9 Å². The quantitative estimate of drug-likeness (QED) is 0.463. The number of aromatic nitrogens is 5. The third-order valence-corrected chi connectivity index (χ3v) is 6.90. The van der Waals surface area contributed by atoms with Crippen molar-refractivity contribution in [2.45, 2.75) is 51.1 Å². The summed E-state index contributed by atoms with van der Waals surface area (Å²) in [6.45, 7) is 5.78. The Hall–Kier alpha value is -4.03. The van der Waals surface area contributed by atoms with E-state index in [4.69, 9.17) is 4.98 Å². The number of fused-ring (bicyclic) bond motifs is 2. The van der Waals surface area contributed by atoms with Crippen molar-refractivity contribution in [1.82, 2.24) is 29.6 Å². The average Bonchev–Trinajstić information content (AvgIpc) is 3.62. The van der Waals surface area contributed by atoms with Crippen molar-refractivity contribution in [3.8, 4) is 11.8 Å². The Morgan fingerprint density at radius 1 is 1.17 bits per heavy atom. The molecule has 176 valence electrons. The molecule has 6 rings (SSSR count). The predicted molar refractivity (Wildman–Crippen MR) is 133 cm³/mol. The van der Waals surface area contributed by atoms with E-state index in [0.717, 1.165) is 49.4 Å². The summed E-state index contributed by atoms with van der Waals surface area (Å²) in [4.78, 5) is 27.0. The molecule has 9 nitrogen and oxygen atoms in total. The fourth-order valence-electron chi connectivity index (χ4n) is 4.82. The van der Waals surface area contributed by atoms with Crippen LogP contribution in [0.1, 0.15) is 49.6 Å². The van der Waals surface area contributed by atoms with Gasteiger partial charge in [-0.15, -0.1) is 0 Å². The highest BCUT2D eigenvalue weighted by Crippen LogP contribution is 2.46. The van der Waals surface area contributed by atoms with Gasteiger partial charge in [0, 0.05) is 30.7 Å². The first-order valence-electron chi connectivity index (χ1n) is 12.0. The molecule has 2 aliphatic rings. The zero-order chi connectivity index (χ0) is 24.2.